The molecule has 1 unspecified atom stereocenters. The summed E-state index contributed by atoms with van der Waals surface area (Å²) < 4.78 is 5.62. The van der Waals surface area contributed by atoms with Crippen LogP contribution in [-0.4, -0.2) is 43.2 Å². The summed E-state index contributed by atoms with van der Waals surface area (Å²) in [4.78, 5) is 14.0. The second-order valence-electron chi connectivity index (χ2n) is 4.50. The van der Waals surface area contributed by atoms with Gasteiger partial charge in [0.15, 0.2) is 5.60 Å². The molecule has 1 amide bonds. The topological polar surface area (TPSA) is 41.6 Å². The quantitative estimate of drug-likeness (QED) is 0.878. The first-order chi connectivity index (χ1) is 8.14. The molecular formula is C12H18N2O2S. The van der Waals surface area contributed by atoms with Gasteiger partial charge in [0, 0.05) is 26.7 Å². The van der Waals surface area contributed by atoms with Crippen molar-refractivity contribution in [2.24, 2.45) is 0 Å². The maximum absolute atomic E-state index is 11.8. The maximum atomic E-state index is 11.8. The molecule has 0 spiro atoms. The molecule has 5 heteroatoms. The lowest BCUT2D eigenvalue weighted by Crippen LogP contribution is -2.57. The highest BCUT2D eigenvalue weighted by molar-refractivity contribution is 7.07. The molecule has 1 fully saturated rings. The van der Waals surface area contributed by atoms with Gasteiger partial charge in [-0.2, -0.15) is 11.3 Å². The van der Waals surface area contributed by atoms with Gasteiger partial charge >= 0.3 is 0 Å². The molecule has 2 rings (SSSR count). The van der Waals surface area contributed by atoms with Crippen LogP contribution < -0.4 is 5.32 Å². The third kappa shape index (κ3) is 2.86. The molecule has 0 aromatic carbocycles. The largest absolute Gasteiger partial charge is 0.363 e. The summed E-state index contributed by atoms with van der Waals surface area (Å²) in [6.45, 7) is 4.87. The van der Waals surface area contributed by atoms with Crippen LogP contribution in [0.2, 0.25) is 0 Å². The molecule has 0 radical (unpaired) electrons. The predicted molar refractivity (Wildman–Crippen MR) is 68.0 cm³/mol. The van der Waals surface area contributed by atoms with Gasteiger partial charge in [-0.1, -0.05) is 0 Å². The smallest absolute Gasteiger partial charge is 0.253 e. The van der Waals surface area contributed by atoms with E-state index >= 15 is 0 Å². The van der Waals surface area contributed by atoms with Crippen molar-refractivity contribution >= 4 is 17.2 Å². The van der Waals surface area contributed by atoms with Crippen molar-refractivity contribution < 1.29 is 9.53 Å². The fraction of sp³-hybridized carbons (Fsp3) is 0.583. The lowest BCUT2D eigenvalue weighted by Gasteiger charge is -2.38. The Morgan fingerprint density at radius 1 is 1.71 bits per heavy atom. The second kappa shape index (κ2) is 5.16. The van der Waals surface area contributed by atoms with Crippen LogP contribution in [0.25, 0.3) is 0 Å². The van der Waals surface area contributed by atoms with E-state index in [-0.39, 0.29) is 5.91 Å². The minimum absolute atomic E-state index is 0.0486. The van der Waals surface area contributed by atoms with Crippen LogP contribution in [0.4, 0.5) is 0 Å². The molecule has 0 aliphatic carbocycles. The van der Waals surface area contributed by atoms with Gasteiger partial charge in [0.05, 0.1) is 6.61 Å². The van der Waals surface area contributed by atoms with Gasteiger partial charge in [-0.05, 0) is 29.3 Å². The standard InChI is InChI=1S/C12H18N2O2S/c1-12(11(15)13-2)9-14(4-5-16-12)7-10-3-6-17-8-10/h3,6,8H,4-5,7,9H2,1-2H3,(H,13,15). The van der Waals surface area contributed by atoms with E-state index in [0.29, 0.717) is 13.2 Å². The summed E-state index contributed by atoms with van der Waals surface area (Å²) in [5.74, 6) is -0.0486. The van der Waals surface area contributed by atoms with E-state index in [1.165, 1.54) is 5.56 Å². The van der Waals surface area contributed by atoms with Crippen molar-refractivity contribution in [1.82, 2.24) is 10.2 Å². The fourth-order valence-corrected chi connectivity index (χ4v) is 2.79. The van der Waals surface area contributed by atoms with Crippen molar-refractivity contribution in [1.29, 1.82) is 0 Å². The number of ether oxygens (including phenoxy) is 1. The third-order valence-corrected chi connectivity index (χ3v) is 3.78. The number of nitrogens with zero attached hydrogens (tertiary/aromatic N) is 1. The Labute approximate surface area is 106 Å². The highest BCUT2D eigenvalue weighted by atomic mass is 32.1. The van der Waals surface area contributed by atoms with Gasteiger partial charge in [0.1, 0.15) is 0 Å². The monoisotopic (exact) mass is 254 g/mol. The number of rotatable bonds is 3. The number of nitrogens with one attached hydrogen (secondary N) is 1. The van der Waals surface area contributed by atoms with E-state index < -0.39 is 5.60 Å². The molecule has 2 heterocycles. The first-order valence-corrected chi connectivity index (χ1v) is 6.68. The van der Waals surface area contributed by atoms with E-state index in [1.54, 1.807) is 18.4 Å². The van der Waals surface area contributed by atoms with E-state index in [4.69, 9.17) is 4.74 Å². The van der Waals surface area contributed by atoms with E-state index in [9.17, 15) is 4.79 Å². The van der Waals surface area contributed by atoms with E-state index in [1.807, 2.05) is 6.92 Å². The Kier molecular flexibility index (Phi) is 3.81. The molecule has 1 aromatic rings. The molecule has 0 bridgehead atoms. The number of carbonyl (C=O) groups excluding carboxylic acids is 1. The molecule has 1 saturated heterocycles. The second-order valence-corrected chi connectivity index (χ2v) is 5.28. The zero-order chi connectivity index (χ0) is 12.3. The summed E-state index contributed by atoms with van der Waals surface area (Å²) in [6, 6.07) is 2.12. The van der Waals surface area contributed by atoms with Crippen molar-refractivity contribution in [3.63, 3.8) is 0 Å². The molecule has 4 nitrogen and oxygen atoms in total. The van der Waals surface area contributed by atoms with Gasteiger partial charge in [0.25, 0.3) is 5.91 Å². The zero-order valence-corrected chi connectivity index (χ0v) is 11.0. The maximum Gasteiger partial charge on any atom is 0.253 e. The molecule has 1 atom stereocenters. The fourth-order valence-electron chi connectivity index (χ4n) is 2.13. The Hall–Kier alpha value is -0.910. The van der Waals surface area contributed by atoms with E-state index in [0.717, 1.165) is 13.1 Å². The van der Waals surface area contributed by atoms with Gasteiger partial charge in [-0.25, -0.2) is 0 Å². The lowest BCUT2D eigenvalue weighted by atomic mass is 10.0. The molecule has 0 saturated carbocycles. The van der Waals surface area contributed by atoms with Crippen LogP contribution in [0.1, 0.15) is 12.5 Å². The summed E-state index contributed by atoms with van der Waals surface area (Å²) in [5.41, 5.74) is 0.583. The SMILES string of the molecule is CNC(=O)C1(C)CN(Cc2ccsc2)CCO1. The average molecular weight is 254 g/mol. The highest BCUT2D eigenvalue weighted by Gasteiger charge is 2.38. The average Bonchev–Trinajstić information content (AvgIpc) is 2.81. The van der Waals surface area contributed by atoms with Crippen LogP contribution in [0, 0.1) is 0 Å². The van der Waals surface area contributed by atoms with Crippen molar-refractivity contribution in [3.8, 4) is 0 Å². The van der Waals surface area contributed by atoms with Crippen LogP contribution in [-0.2, 0) is 16.1 Å². The number of carbonyl (C=O) groups is 1. The van der Waals surface area contributed by atoms with Crippen molar-refractivity contribution in [3.05, 3.63) is 22.4 Å². The number of hydrogen-bond acceptors (Lipinski definition) is 4. The van der Waals surface area contributed by atoms with Crippen LogP contribution in [0.5, 0.6) is 0 Å². The zero-order valence-electron chi connectivity index (χ0n) is 10.2. The summed E-state index contributed by atoms with van der Waals surface area (Å²) in [7, 11) is 1.65. The molecule has 17 heavy (non-hydrogen) atoms. The summed E-state index contributed by atoms with van der Waals surface area (Å²) in [6.07, 6.45) is 0. The molecule has 1 aliphatic heterocycles. The normalized spacial score (nSPS) is 25.8. The minimum atomic E-state index is -0.719. The number of hydrogen-bond donors (Lipinski definition) is 1. The number of thiophene rings is 1. The number of likely N-dealkylation sites (N-methyl/N-ethyl adjacent to an activating group) is 1. The Bertz CT molecular complexity index is 380. The van der Waals surface area contributed by atoms with Gasteiger partial charge in [-0.3, -0.25) is 9.69 Å². The molecular weight excluding hydrogens is 236 g/mol. The lowest BCUT2D eigenvalue weighted by molar-refractivity contribution is -0.156. The van der Waals surface area contributed by atoms with Crippen LogP contribution in [0.15, 0.2) is 16.8 Å². The summed E-state index contributed by atoms with van der Waals surface area (Å²) >= 11 is 1.70. The molecule has 94 valence electrons. The number of morpholine rings is 1. The van der Waals surface area contributed by atoms with Gasteiger partial charge in [0.2, 0.25) is 0 Å². The van der Waals surface area contributed by atoms with Crippen molar-refractivity contribution in [2.45, 2.75) is 19.1 Å². The first kappa shape index (κ1) is 12.5. The summed E-state index contributed by atoms with van der Waals surface area (Å²) in [5, 5.41) is 6.89. The number of amides is 1. The third-order valence-electron chi connectivity index (χ3n) is 3.05. The minimum Gasteiger partial charge on any atom is -0.363 e. The van der Waals surface area contributed by atoms with Crippen LogP contribution >= 0.6 is 11.3 Å². The molecule has 1 aromatic heterocycles. The first-order valence-electron chi connectivity index (χ1n) is 5.73. The van der Waals surface area contributed by atoms with Gasteiger partial charge in [-0.15, -0.1) is 0 Å². The molecule has 1 aliphatic rings. The Morgan fingerprint density at radius 2 is 2.53 bits per heavy atom. The Balaban J connectivity index is 1.99. The van der Waals surface area contributed by atoms with E-state index in [2.05, 4.69) is 27.0 Å². The Morgan fingerprint density at radius 3 is 3.18 bits per heavy atom. The molecule has 1 N–H and O–H groups in total. The van der Waals surface area contributed by atoms with Crippen molar-refractivity contribution in [2.75, 3.05) is 26.7 Å². The van der Waals surface area contributed by atoms with Crippen LogP contribution in [0.3, 0.4) is 0 Å². The predicted octanol–water partition coefficient (Wildman–Crippen LogP) is 1.08. The highest BCUT2D eigenvalue weighted by Crippen LogP contribution is 2.20. The van der Waals surface area contributed by atoms with Gasteiger partial charge < -0.3 is 10.1 Å².